The zero-order chi connectivity index (χ0) is 18.1. The minimum atomic E-state index is -0.572. The first-order valence-corrected chi connectivity index (χ1v) is 8.32. The second kappa shape index (κ2) is 9.54. The van der Waals surface area contributed by atoms with Crippen molar-refractivity contribution in [3.63, 3.8) is 0 Å². The SMILES string of the molecule is COc1ccc(C(=O)COC(=O)/C=C/Sc2ccccc2)cc1OC. The number of rotatable bonds is 8. The summed E-state index contributed by atoms with van der Waals surface area (Å²) in [5.41, 5.74) is 0.382. The number of methoxy groups -OCH3 is 2. The van der Waals surface area contributed by atoms with Crippen molar-refractivity contribution in [2.24, 2.45) is 0 Å². The average Bonchev–Trinajstić information content (AvgIpc) is 2.66. The van der Waals surface area contributed by atoms with E-state index in [1.54, 1.807) is 23.6 Å². The summed E-state index contributed by atoms with van der Waals surface area (Å²) in [5.74, 6) is 0.0754. The van der Waals surface area contributed by atoms with Gasteiger partial charge in [0.1, 0.15) is 0 Å². The molecular weight excluding hydrogens is 340 g/mol. The molecule has 5 nitrogen and oxygen atoms in total. The third-order valence-electron chi connectivity index (χ3n) is 3.20. The Kier molecular flexibility index (Phi) is 7.10. The molecule has 6 heteroatoms. The number of ether oxygens (including phenoxy) is 3. The second-order valence-corrected chi connectivity index (χ2v) is 5.81. The summed E-state index contributed by atoms with van der Waals surface area (Å²) < 4.78 is 15.2. The fourth-order valence-electron chi connectivity index (χ4n) is 1.94. The van der Waals surface area contributed by atoms with Crippen molar-refractivity contribution in [2.45, 2.75) is 4.90 Å². The number of hydrogen-bond acceptors (Lipinski definition) is 6. The van der Waals surface area contributed by atoms with Gasteiger partial charge in [-0.05, 0) is 35.7 Å². The van der Waals surface area contributed by atoms with Crippen LogP contribution < -0.4 is 9.47 Å². The Morgan fingerprint density at radius 3 is 2.40 bits per heavy atom. The molecule has 0 aliphatic rings. The molecule has 0 saturated heterocycles. The van der Waals surface area contributed by atoms with Gasteiger partial charge in [-0.2, -0.15) is 0 Å². The first-order valence-electron chi connectivity index (χ1n) is 7.44. The topological polar surface area (TPSA) is 61.8 Å². The van der Waals surface area contributed by atoms with Crippen molar-refractivity contribution >= 4 is 23.5 Å². The molecule has 0 unspecified atom stereocenters. The third-order valence-corrected chi connectivity index (χ3v) is 4.02. The van der Waals surface area contributed by atoms with Gasteiger partial charge in [-0.25, -0.2) is 4.79 Å². The molecule has 0 amide bonds. The van der Waals surface area contributed by atoms with Gasteiger partial charge in [-0.1, -0.05) is 30.0 Å². The lowest BCUT2D eigenvalue weighted by atomic mass is 10.1. The van der Waals surface area contributed by atoms with E-state index >= 15 is 0 Å². The molecule has 0 bridgehead atoms. The van der Waals surface area contributed by atoms with Crippen LogP contribution >= 0.6 is 11.8 Å². The first-order chi connectivity index (χ1) is 12.1. The van der Waals surface area contributed by atoms with E-state index in [1.165, 1.54) is 32.1 Å². The van der Waals surface area contributed by atoms with Crippen molar-refractivity contribution in [2.75, 3.05) is 20.8 Å². The van der Waals surface area contributed by atoms with Gasteiger partial charge in [0.2, 0.25) is 0 Å². The standard InChI is InChI=1S/C19H18O5S/c1-22-17-9-8-14(12-18(17)23-2)16(20)13-24-19(21)10-11-25-15-6-4-3-5-7-15/h3-12H,13H2,1-2H3/b11-10+. The van der Waals surface area contributed by atoms with Crippen LogP contribution in [0.2, 0.25) is 0 Å². The highest BCUT2D eigenvalue weighted by molar-refractivity contribution is 8.02. The fraction of sp³-hybridized carbons (Fsp3) is 0.158. The van der Waals surface area contributed by atoms with Gasteiger partial charge in [0.05, 0.1) is 14.2 Å². The number of benzene rings is 2. The predicted molar refractivity (Wildman–Crippen MR) is 96.3 cm³/mol. The number of carbonyl (C=O) groups is 2. The third kappa shape index (κ3) is 5.69. The zero-order valence-electron chi connectivity index (χ0n) is 13.9. The van der Waals surface area contributed by atoms with Crippen LogP contribution in [0, 0.1) is 0 Å². The molecule has 0 fully saturated rings. The maximum atomic E-state index is 12.1. The van der Waals surface area contributed by atoms with E-state index < -0.39 is 5.97 Å². The summed E-state index contributed by atoms with van der Waals surface area (Å²) in [6, 6.07) is 14.4. The van der Waals surface area contributed by atoms with E-state index in [4.69, 9.17) is 14.2 Å². The monoisotopic (exact) mass is 358 g/mol. The molecule has 0 heterocycles. The maximum absolute atomic E-state index is 12.1. The van der Waals surface area contributed by atoms with Crippen LogP contribution in [-0.2, 0) is 9.53 Å². The minimum absolute atomic E-state index is 0.321. The van der Waals surface area contributed by atoms with E-state index in [1.807, 2.05) is 30.3 Å². The number of Topliss-reactive ketones (excluding diaryl/α,β-unsaturated/α-hetero) is 1. The van der Waals surface area contributed by atoms with Crippen LogP contribution in [0.5, 0.6) is 11.5 Å². The highest BCUT2D eigenvalue weighted by atomic mass is 32.2. The van der Waals surface area contributed by atoms with Crippen molar-refractivity contribution in [1.29, 1.82) is 0 Å². The van der Waals surface area contributed by atoms with Gasteiger partial charge in [0.25, 0.3) is 0 Å². The second-order valence-electron chi connectivity index (χ2n) is 4.83. The Bertz CT molecular complexity index is 756. The van der Waals surface area contributed by atoms with Crippen LogP contribution in [0.3, 0.4) is 0 Å². The molecule has 0 aliphatic heterocycles. The lowest BCUT2D eigenvalue weighted by Gasteiger charge is -2.09. The summed E-state index contributed by atoms with van der Waals surface area (Å²) in [5, 5.41) is 1.62. The molecule has 2 rings (SSSR count). The predicted octanol–water partition coefficient (Wildman–Crippen LogP) is 3.74. The fourth-order valence-corrected chi connectivity index (χ4v) is 2.60. The highest BCUT2D eigenvalue weighted by Gasteiger charge is 2.12. The van der Waals surface area contributed by atoms with Crippen LogP contribution in [0.4, 0.5) is 0 Å². The molecule has 0 N–H and O–H groups in total. The molecular formula is C19H18O5S. The lowest BCUT2D eigenvalue weighted by molar-refractivity contribution is -0.136. The van der Waals surface area contributed by atoms with E-state index in [9.17, 15) is 9.59 Å². The smallest absolute Gasteiger partial charge is 0.331 e. The van der Waals surface area contributed by atoms with Crippen molar-refractivity contribution in [3.05, 3.63) is 65.6 Å². The zero-order valence-corrected chi connectivity index (χ0v) is 14.7. The van der Waals surface area contributed by atoms with Crippen molar-refractivity contribution in [3.8, 4) is 11.5 Å². The molecule has 25 heavy (non-hydrogen) atoms. The number of thioether (sulfide) groups is 1. The highest BCUT2D eigenvalue weighted by Crippen LogP contribution is 2.27. The maximum Gasteiger partial charge on any atom is 0.331 e. The van der Waals surface area contributed by atoms with Gasteiger partial charge in [0.15, 0.2) is 23.9 Å². The Morgan fingerprint density at radius 1 is 1.00 bits per heavy atom. The van der Waals surface area contributed by atoms with Crippen LogP contribution in [0.25, 0.3) is 0 Å². The normalized spacial score (nSPS) is 10.5. The van der Waals surface area contributed by atoms with E-state index in [0.29, 0.717) is 17.1 Å². The van der Waals surface area contributed by atoms with Gasteiger partial charge in [-0.15, -0.1) is 0 Å². The quantitative estimate of drug-likeness (QED) is 0.310. The lowest BCUT2D eigenvalue weighted by Crippen LogP contribution is -2.12. The number of esters is 1. The summed E-state index contributed by atoms with van der Waals surface area (Å²) in [6.45, 7) is -0.339. The molecule has 0 radical (unpaired) electrons. The average molecular weight is 358 g/mol. The summed E-state index contributed by atoms with van der Waals surface area (Å²) >= 11 is 1.39. The Balaban J connectivity index is 1.85. The summed E-state index contributed by atoms with van der Waals surface area (Å²) in [7, 11) is 3.00. The van der Waals surface area contributed by atoms with Crippen LogP contribution in [-0.4, -0.2) is 32.6 Å². The van der Waals surface area contributed by atoms with E-state index in [2.05, 4.69) is 0 Å². The molecule has 130 valence electrons. The van der Waals surface area contributed by atoms with Crippen LogP contribution in [0.15, 0.2) is 64.9 Å². The Labute approximate surface area is 150 Å². The molecule has 2 aromatic rings. The number of ketones is 1. The van der Waals surface area contributed by atoms with Crippen molar-refractivity contribution < 1.29 is 23.8 Å². The molecule has 0 aromatic heterocycles. The number of carbonyl (C=O) groups excluding carboxylic acids is 2. The molecule has 0 atom stereocenters. The Hall–Kier alpha value is -2.73. The minimum Gasteiger partial charge on any atom is -0.493 e. The summed E-state index contributed by atoms with van der Waals surface area (Å²) in [6.07, 6.45) is 1.29. The van der Waals surface area contributed by atoms with Gasteiger partial charge < -0.3 is 14.2 Å². The largest absolute Gasteiger partial charge is 0.493 e. The van der Waals surface area contributed by atoms with Crippen molar-refractivity contribution in [1.82, 2.24) is 0 Å². The summed E-state index contributed by atoms with van der Waals surface area (Å²) in [4.78, 5) is 24.8. The first kappa shape index (κ1) is 18.6. The molecule has 0 saturated carbocycles. The van der Waals surface area contributed by atoms with Gasteiger partial charge in [0, 0.05) is 16.5 Å². The van der Waals surface area contributed by atoms with Crippen LogP contribution in [0.1, 0.15) is 10.4 Å². The van der Waals surface area contributed by atoms with Gasteiger partial charge >= 0.3 is 5.97 Å². The number of hydrogen-bond donors (Lipinski definition) is 0. The molecule has 0 aliphatic carbocycles. The molecule has 0 spiro atoms. The van der Waals surface area contributed by atoms with E-state index in [-0.39, 0.29) is 12.4 Å². The van der Waals surface area contributed by atoms with E-state index in [0.717, 1.165) is 4.90 Å². The van der Waals surface area contributed by atoms with Gasteiger partial charge in [-0.3, -0.25) is 4.79 Å². The molecule has 2 aromatic carbocycles. The Morgan fingerprint density at radius 2 is 1.72 bits per heavy atom.